The second-order valence-corrected chi connectivity index (χ2v) is 9.17. The van der Waals surface area contributed by atoms with Gasteiger partial charge in [-0.2, -0.15) is 0 Å². The lowest BCUT2D eigenvalue weighted by Gasteiger charge is -2.36. The molecule has 1 amide bonds. The summed E-state index contributed by atoms with van der Waals surface area (Å²) in [5.74, 6) is 0.638. The second-order valence-electron chi connectivity index (χ2n) is 8.34. The fourth-order valence-corrected chi connectivity index (χ4v) is 5.41. The maximum Gasteiger partial charge on any atom is 0.338 e. The minimum atomic E-state index is -0.598. The van der Waals surface area contributed by atoms with Crippen LogP contribution in [0.25, 0.3) is 0 Å². The van der Waals surface area contributed by atoms with Crippen molar-refractivity contribution in [3.8, 4) is 11.5 Å². The van der Waals surface area contributed by atoms with Gasteiger partial charge in [-0.25, -0.2) is 9.79 Å². The second kappa shape index (κ2) is 11.2. The summed E-state index contributed by atoms with van der Waals surface area (Å²) < 4.78 is 22.2. The molecule has 1 fully saturated rings. The van der Waals surface area contributed by atoms with Gasteiger partial charge in [-0.3, -0.25) is 4.79 Å². The average Bonchev–Trinajstić information content (AvgIpc) is 3.51. The molecule has 1 aromatic carbocycles. The normalized spacial score (nSPS) is 21.3. The highest BCUT2D eigenvalue weighted by molar-refractivity contribution is 8.16. The smallest absolute Gasteiger partial charge is 0.338 e. The Hall–Kier alpha value is -2.98. The van der Waals surface area contributed by atoms with Crippen LogP contribution in [0.3, 0.4) is 0 Å². The third-order valence-corrected chi connectivity index (χ3v) is 7.01. The number of amidine groups is 1. The van der Waals surface area contributed by atoms with Gasteiger partial charge in [-0.05, 0) is 50.3 Å². The van der Waals surface area contributed by atoms with Gasteiger partial charge in [-0.15, -0.1) is 0 Å². The van der Waals surface area contributed by atoms with Crippen LogP contribution in [0.5, 0.6) is 11.5 Å². The number of nitrogens with zero attached hydrogens (tertiary/aromatic N) is 2. The Morgan fingerprint density at radius 1 is 1.29 bits per heavy atom. The highest BCUT2D eigenvalue weighted by Gasteiger charge is 2.42. The summed E-state index contributed by atoms with van der Waals surface area (Å²) in [7, 11) is 3.17. The van der Waals surface area contributed by atoms with Crippen LogP contribution in [0.2, 0.25) is 0 Å². The molecule has 9 nitrogen and oxygen atoms in total. The molecule has 0 aliphatic carbocycles. The van der Waals surface area contributed by atoms with Crippen molar-refractivity contribution in [1.29, 1.82) is 0 Å². The summed E-state index contributed by atoms with van der Waals surface area (Å²) in [6, 6.07) is 4.85. The van der Waals surface area contributed by atoms with Crippen LogP contribution in [-0.2, 0) is 19.1 Å². The molecule has 0 radical (unpaired) electrons. The Morgan fingerprint density at radius 2 is 2.11 bits per heavy atom. The lowest BCUT2D eigenvalue weighted by atomic mass is 9.92. The standard InChI is InChI=1S/C25H31N3O6S/c1-5-33-24(30)22-15(2)27-25-28(23(22)19-12-17(31-3)8-9-20(19)32-4)16(14-35-25)11-21(29)26-13-18-7-6-10-34-18/h8-9,12,14,18,23H,5-7,10-11,13H2,1-4H3,(H,26,29)/t18-,23-/m1/s1. The van der Waals surface area contributed by atoms with Crippen molar-refractivity contribution in [1.82, 2.24) is 10.2 Å². The lowest BCUT2D eigenvalue weighted by molar-refractivity contribution is -0.139. The number of rotatable bonds is 9. The SMILES string of the molecule is CCOC(=O)C1=C(C)N=C2SC=C(CC(=O)NC[C@H]3CCCO3)N2[C@@H]1c1cc(OC)ccc1OC. The third kappa shape index (κ3) is 5.33. The number of aliphatic imine (C=N–C) groups is 1. The molecule has 0 aromatic heterocycles. The van der Waals surface area contributed by atoms with Crippen molar-refractivity contribution in [2.45, 2.75) is 45.3 Å². The number of carbonyl (C=O) groups is 2. The van der Waals surface area contributed by atoms with E-state index in [-0.39, 0.29) is 25.0 Å². The van der Waals surface area contributed by atoms with E-state index in [4.69, 9.17) is 18.9 Å². The largest absolute Gasteiger partial charge is 0.497 e. The fraction of sp³-hybridized carbons (Fsp3) is 0.480. The van der Waals surface area contributed by atoms with E-state index in [0.29, 0.717) is 34.5 Å². The third-order valence-electron chi connectivity index (χ3n) is 6.12. The molecule has 1 aromatic rings. The van der Waals surface area contributed by atoms with E-state index in [1.165, 1.54) is 11.8 Å². The van der Waals surface area contributed by atoms with Crippen LogP contribution in [0, 0.1) is 0 Å². The Balaban J connectivity index is 1.68. The molecule has 0 bridgehead atoms. The van der Waals surface area contributed by atoms with E-state index >= 15 is 0 Å². The molecule has 1 saturated heterocycles. The molecule has 3 heterocycles. The maximum absolute atomic E-state index is 13.1. The highest BCUT2D eigenvalue weighted by Crippen LogP contribution is 2.47. The Labute approximate surface area is 209 Å². The number of carbonyl (C=O) groups excluding carboxylic acids is 2. The molecule has 0 spiro atoms. The molecule has 0 saturated carbocycles. The predicted octanol–water partition coefficient (Wildman–Crippen LogP) is 3.53. The average molecular weight is 502 g/mol. The van der Waals surface area contributed by atoms with E-state index in [0.717, 1.165) is 30.7 Å². The molecule has 1 N–H and O–H groups in total. The lowest BCUT2D eigenvalue weighted by Crippen LogP contribution is -2.39. The molecule has 3 aliphatic rings. The van der Waals surface area contributed by atoms with Crippen molar-refractivity contribution >= 4 is 28.8 Å². The Morgan fingerprint density at radius 3 is 2.80 bits per heavy atom. The predicted molar refractivity (Wildman–Crippen MR) is 133 cm³/mol. The van der Waals surface area contributed by atoms with Crippen molar-refractivity contribution in [3.63, 3.8) is 0 Å². The minimum Gasteiger partial charge on any atom is -0.497 e. The van der Waals surface area contributed by atoms with E-state index in [2.05, 4.69) is 10.3 Å². The van der Waals surface area contributed by atoms with Gasteiger partial charge in [0.1, 0.15) is 11.5 Å². The summed E-state index contributed by atoms with van der Waals surface area (Å²) >= 11 is 1.42. The number of amides is 1. The van der Waals surface area contributed by atoms with Crippen LogP contribution in [0.1, 0.15) is 44.7 Å². The molecule has 4 rings (SSSR count). The fourth-order valence-electron chi connectivity index (χ4n) is 4.45. The van der Waals surface area contributed by atoms with E-state index in [1.807, 2.05) is 16.4 Å². The van der Waals surface area contributed by atoms with E-state index < -0.39 is 12.0 Å². The zero-order valence-corrected chi connectivity index (χ0v) is 21.3. The molecule has 0 unspecified atom stereocenters. The van der Waals surface area contributed by atoms with Gasteiger partial charge in [0.25, 0.3) is 0 Å². The first-order chi connectivity index (χ1) is 17.0. The van der Waals surface area contributed by atoms with Gasteiger partial charge in [0.2, 0.25) is 5.91 Å². The quantitative estimate of drug-likeness (QED) is 0.513. The summed E-state index contributed by atoms with van der Waals surface area (Å²) in [6.07, 6.45) is 2.17. The first-order valence-electron chi connectivity index (χ1n) is 11.7. The maximum atomic E-state index is 13.1. The molecule has 3 aliphatic heterocycles. The van der Waals surface area contributed by atoms with E-state index in [9.17, 15) is 9.59 Å². The summed E-state index contributed by atoms with van der Waals surface area (Å²) in [5.41, 5.74) is 2.42. The molecule has 2 atom stereocenters. The summed E-state index contributed by atoms with van der Waals surface area (Å²) in [4.78, 5) is 32.6. The Kier molecular flexibility index (Phi) is 8.02. The van der Waals surface area contributed by atoms with Crippen molar-refractivity contribution in [3.05, 3.63) is 46.1 Å². The number of esters is 1. The van der Waals surface area contributed by atoms with Crippen LogP contribution < -0.4 is 14.8 Å². The van der Waals surface area contributed by atoms with Crippen LogP contribution in [0.15, 0.2) is 45.6 Å². The van der Waals surface area contributed by atoms with Crippen molar-refractivity contribution in [2.75, 3.05) is 34.0 Å². The molecular formula is C25H31N3O6S. The van der Waals surface area contributed by atoms with Gasteiger partial charge in [0, 0.05) is 24.4 Å². The van der Waals surface area contributed by atoms with Gasteiger partial charge in [0.15, 0.2) is 5.17 Å². The number of methoxy groups -OCH3 is 2. The number of hydrogen-bond acceptors (Lipinski definition) is 9. The van der Waals surface area contributed by atoms with Crippen molar-refractivity contribution < 1.29 is 28.5 Å². The van der Waals surface area contributed by atoms with Crippen molar-refractivity contribution in [2.24, 2.45) is 4.99 Å². The molecular weight excluding hydrogens is 470 g/mol. The highest BCUT2D eigenvalue weighted by atomic mass is 32.2. The van der Waals surface area contributed by atoms with Gasteiger partial charge < -0.3 is 29.2 Å². The number of benzene rings is 1. The summed E-state index contributed by atoms with van der Waals surface area (Å²) in [6.45, 7) is 5.02. The van der Waals surface area contributed by atoms with E-state index in [1.54, 1.807) is 40.2 Å². The number of fused-ring (bicyclic) bond motifs is 1. The topological polar surface area (TPSA) is 98.7 Å². The number of ether oxygens (including phenoxy) is 4. The minimum absolute atomic E-state index is 0.0628. The number of allylic oxidation sites excluding steroid dienone is 1. The monoisotopic (exact) mass is 501 g/mol. The zero-order valence-electron chi connectivity index (χ0n) is 20.5. The Bertz CT molecular complexity index is 1080. The summed E-state index contributed by atoms with van der Waals surface area (Å²) in [5, 5.41) is 5.57. The first kappa shape index (κ1) is 25.1. The molecule has 188 valence electrons. The van der Waals surface area contributed by atoms with Gasteiger partial charge >= 0.3 is 5.97 Å². The molecule has 10 heteroatoms. The zero-order chi connectivity index (χ0) is 24.9. The van der Waals surface area contributed by atoms with Crippen LogP contribution >= 0.6 is 11.8 Å². The first-order valence-corrected chi connectivity index (χ1v) is 12.6. The number of thioether (sulfide) groups is 1. The van der Waals surface area contributed by atoms with Crippen LogP contribution in [-0.4, -0.2) is 62.0 Å². The number of hydrogen-bond donors (Lipinski definition) is 1. The molecule has 35 heavy (non-hydrogen) atoms. The van der Waals surface area contributed by atoms with Gasteiger partial charge in [0.05, 0.1) is 50.7 Å². The van der Waals surface area contributed by atoms with Crippen LogP contribution in [0.4, 0.5) is 0 Å². The van der Waals surface area contributed by atoms with Gasteiger partial charge in [-0.1, -0.05) is 11.8 Å². The number of nitrogens with one attached hydrogen (secondary N) is 1.